The van der Waals surface area contributed by atoms with Crippen LogP contribution in [-0.4, -0.2) is 140 Å². The van der Waals surface area contributed by atoms with Gasteiger partial charge in [-0.2, -0.15) is 0 Å². The first-order valence-corrected chi connectivity index (χ1v) is 25.0. The second-order valence-corrected chi connectivity index (χ2v) is 20.9. The van der Waals surface area contributed by atoms with Gasteiger partial charge in [-0.3, -0.25) is 14.5 Å². The normalized spacial score (nSPS) is 17.5. The van der Waals surface area contributed by atoms with E-state index in [-0.39, 0.29) is 23.8 Å². The van der Waals surface area contributed by atoms with Crippen LogP contribution in [0.2, 0.25) is 20.1 Å². The number of rotatable bonds is 12. The zero-order valence-electron chi connectivity index (χ0n) is 42.7. The van der Waals surface area contributed by atoms with Gasteiger partial charge in [-0.05, 0) is 87.4 Å². The number of benzene rings is 4. The molecule has 73 heavy (non-hydrogen) atoms. The first-order valence-electron chi connectivity index (χ1n) is 23.5. The van der Waals surface area contributed by atoms with Crippen LogP contribution in [0, 0.1) is 11.8 Å². The van der Waals surface area contributed by atoms with Crippen molar-refractivity contribution in [2.24, 2.45) is 11.8 Å². The molecule has 0 aliphatic carbocycles. The number of carbonyl (C=O) groups is 3. The van der Waals surface area contributed by atoms with Gasteiger partial charge in [-0.25, -0.2) is 24.7 Å². The van der Waals surface area contributed by atoms with Gasteiger partial charge in [-0.1, -0.05) is 58.5 Å². The standard InChI is InChI=1S/C29H34Cl2N4O5.C24H26Cl2N4O3/c1-29(2,3)40-28(37)35-15-16(10-20(35)27(36)34(4)5)11-23-32-14-18-12-17(8-9-19(18)33-23)24-25(30)21(38-6)13-22(39-7)26(24)31;1-30(2)24(31)17-7-13(11-27-17)8-20-28-12-15-9-14(5-6-16(15)29-20)21-22(25)18(32-3)10-19(33-4)23(21)26/h8-9,12-14,16,20H,10-11,15H2,1-7H3;5-6,9-10,12-13,17,27H,7-8,11H2,1-4H3/t16-,20+;13-,17+/m11/s1. The molecule has 1 N–H and O–H groups in total. The fraction of sp³-hybridized carbons (Fsp3) is 0.415. The van der Waals surface area contributed by atoms with Crippen LogP contribution < -0.4 is 24.3 Å². The molecule has 0 saturated carbocycles. The van der Waals surface area contributed by atoms with Gasteiger partial charge in [0.05, 0.1) is 65.6 Å². The second-order valence-electron chi connectivity index (χ2n) is 19.4. The Labute approximate surface area is 445 Å². The molecule has 0 unspecified atom stereocenters. The molecule has 0 spiro atoms. The predicted octanol–water partition coefficient (Wildman–Crippen LogP) is 10.1. The van der Waals surface area contributed by atoms with Crippen molar-refractivity contribution in [1.29, 1.82) is 0 Å². The highest BCUT2D eigenvalue weighted by Gasteiger charge is 2.42. The van der Waals surface area contributed by atoms with Gasteiger partial charge in [0, 0.05) is 94.0 Å². The molecule has 8 rings (SSSR count). The van der Waals surface area contributed by atoms with Crippen molar-refractivity contribution >= 4 is 86.1 Å². The molecule has 2 aliphatic heterocycles. The van der Waals surface area contributed by atoms with E-state index in [0.717, 1.165) is 51.7 Å². The molecular formula is C53H60Cl4N8O8. The molecule has 3 amide bonds. The summed E-state index contributed by atoms with van der Waals surface area (Å²) in [4.78, 5) is 61.3. The van der Waals surface area contributed by atoms with E-state index in [0.29, 0.717) is 91.8 Å². The minimum absolute atomic E-state index is 0.00000303. The third-order valence-corrected chi connectivity index (χ3v) is 14.1. The summed E-state index contributed by atoms with van der Waals surface area (Å²) in [6, 6.07) is 14.1. The van der Waals surface area contributed by atoms with Crippen molar-refractivity contribution in [2.75, 3.05) is 69.7 Å². The maximum absolute atomic E-state index is 12.9. The van der Waals surface area contributed by atoms with E-state index >= 15 is 0 Å². The fourth-order valence-corrected chi connectivity index (χ4v) is 10.5. The number of likely N-dealkylation sites (tertiary alicyclic amines) is 1. The Kier molecular flexibility index (Phi) is 17.4. The van der Waals surface area contributed by atoms with Crippen LogP contribution in [0.1, 0.15) is 45.3 Å². The molecule has 16 nitrogen and oxygen atoms in total. The smallest absolute Gasteiger partial charge is 0.410 e. The monoisotopic (exact) mass is 1080 g/mol. The molecule has 4 aromatic carbocycles. The van der Waals surface area contributed by atoms with E-state index in [1.165, 1.54) is 24.0 Å². The Morgan fingerprint density at radius 3 is 1.49 bits per heavy atom. The highest BCUT2D eigenvalue weighted by atomic mass is 35.5. The Morgan fingerprint density at radius 2 is 1.08 bits per heavy atom. The van der Waals surface area contributed by atoms with E-state index in [1.807, 2.05) is 63.4 Å². The molecule has 4 heterocycles. The number of carbonyl (C=O) groups excluding carboxylic acids is 3. The molecule has 2 aliphatic rings. The molecule has 0 radical (unpaired) electrons. The number of fused-ring (bicyclic) bond motifs is 2. The number of hydrogen-bond acceptors (Lipinski definition) is 13. The average molecular weight is 1080 g/mol. The number of hydrogen-bond donors (Lipinski definition) is 1. The van der Waals surface area contributed by atoms with E-state index < -0.39 is 17.7 Å². The van der Waals surface area contributed by atoms with Gasteiger partial charge in [0.15, 0.2) is 0 Å². The molecular weight excluding hydrogens is 1020 g/mol. The lowest BCUT2D eigenvalue weighted by atomic mass is 10.0. The summed E-state index contributed by atoms with van der Waals surface area (Å²) in [6.45, 7) is 6.58. The molecule has 20 heteroatoms. The summed E-state index contributed by atoms with van der Waals surface area (Å²) in [5.74, 6) is 3.55. The Balaban J connectivity index is 0.000000218. The van der Waals surface area contributed by atoms with E-state index in [2.05, 4.69) is 15.3 Å². The number of ether oxygens (including phenoxy) is 5. The van der Waals surface area contributed by atoms with Gasteiger partial charge >= 0.3 is 6.09 Å². The first kappa shape index (κ1) is 54.9. The van der Waals surface area contributed by atoms with E-state index in [1.54, 1.807) is 65.6 Å². The molecule has 4 atom stereocenters. The topological polar surface area (TPSA) is 171 Å². The third kappa shape index (κ3) is 12.4. The summed E-state index contributed by atoms with van der Waals surface area (Å²) < 4.78 is 27.1. The van der Waals surface area contributed by atoms with Crippen LogP contribution in [0.15, 0.2) is 60.9 Å². The van der Waals surface area contributed by atoms with E-state index in [9.17, 15) is 14.4 Å². The molecule has 388 valence electrons. The van der Waals surface area contributed by atoms with Crippen LogP contribution in [0.25, 0.3) is 44.1 Å². The number of amides is 3. The Bertz CT molecular complexity index is 2990. The van der Waals surface area contributed by atoms with Crippen LogP contribution >= 0.6 is 46.4 Å². The minimum atomic E-state index is -0.661. The minimum Gasteiger partial charge on any atom is -0.495 e. The highest BCUT2D eigenvalue weighted by molar-refractivity contribution is 6.42. The number of likely N-dealkylation sites (N-methyl/N-ethyl adjacent to an activating group) is 2. The quantitative estimate of drug-likeness (QED) is 0.123. The fourth-order valence-electron chi connectivity index (χ4n) is 9.04. The molecule has 6 aromatic rings. The van der Waals surface area contributed by atoms with Crippen LogP contribution in [0.4, 0.5) is 4.79 Å². The summed E-state index contributed by atoms with van der Waals surface area (Å²) in [6.07, 6.45) is 5.59. The maximum Gasteiger partial charge on any atom is 0.410 e. The summed E-state index contributed by atoms with van der Waals surface area (Å²) >= 11 is 26.4. The van der Waals surface area contributed by atoms with Crippen molar-refractivity contribution in [3.63, 3.8) is 0 Å². The van der Waals surface area contributed by atoms with Crippen molar-refractivity contribution < 1.29 is 38.1 Å². The SMILES string of the molecule is COc1cc(OC)c(Cl)c(-c2ccc3nc(C[C@@H]4CN[C@H](C(=O)N(C)C)C4)ncc3c2)c1Cl.COc1cc(OC)c(Cl)c(-c2ccc3nc(C[C@H]4C[C@@H](C(=O)N(C)C)N(C(=O)OC(C)(C)C)C4)ncc3c2)c1Cl. The lowest BCUT2D eigenvalue weighted by Crippen LogP contribution is -2.47. The largest absolute Gasteiger partial charge is 0.495 e. The number of nitrogens with zero attached hydrogens (tertiary/aromatic N) is 7. The van der Waals surface area contributed by atoms with Crippen LogP contribution in [0.3, 0.4) is 0 Å². The highest BCUT2D eigenvalue weighted by Crippen LogP contribution is 2.48. The predicted molar refractivity (Wildman–Crippen MR) is 286 cm³/mol. The zero-order valence-corrected chi connectivity index (χ0v) is 45.8. The summed E-state index contributed by atoms with van der Waals surface area (Å²) in [5.41, 5.74) is 3.73. The van der Waals surface area contributed by atoms with Gasteiger partial charge in [0.25, 0.3) is 0 Å². The summed E-state index contributed by atoms with van der Waals surface area (Å²) in [7, 11) is 13.1. The Hall–Kier alpha value is -5.91. The van der Waals surface area contributed by atoms with Crippen molar-refractivity contribution in [2.45, 2.75) is 64.1 Å². The van der Waals surface area contributed by atoms with Crippen LogP contribution in [-0.2, 0) is 27.2 Å². The molecule has 0 bridgehead atoms. The molecule has 2 aromatic heterocycles. The number of halogens is 4. The van der Waals surface area contributed by atoms with Gasteiger partial charge in [0.1, 0.15) is 46.3 Å². The van der Waals surface area contributed by atoms with Crippen molar-refractivity contribution in [1.82, 2.24) is 40.0 Å². The lowest BCUT2D eigenvalue weighted by molar-refractivity contribution is -0.133. The molecule has 2 saturated heterocycles. The maximum atomic E-state index is 12.9. The van der Waals surface area contributed by atoms with Crippen molar-refractivity contribution in [3.8, 4) is 45.3 Å². The summed E-state index contributed by atoms with van der Waals surface area (Å²) in [5, 5.41) is 6.56. The second kappa shape index (κ2) is 23.1. The van der Waals surface area contributed by atoms with E-state index in [4.69, 9.17) is 80.1 Å². The first-order chi connectivity index (χ1) is 34.6. The number of methoxy groups -OCH3 is 4. The zero-order chi connectivity index (χ0) is 53.1. The van der Waals surface area contributed by atoms with Crippen molar-refractivity contribution in [3.05, 3.63) is 92.7 Å². The van der Waals surface area contributed by atoms with Gasteiger partial charge in [-0.15, -0.1) is 0 Å². The lowest BCUT2D eigenvalue weighted by Gasteiger charge is -2.29. The van der Waals surface area contributed by atoms with Crippen LogP contribution in [0.5, 0.6) is 23.0 Å². The van der Waals surface area contributed by atoms with Gasteiger partial charge < -0.3 is 38.8 Å². The molecule has 2 fully saturated rings. The van der Waals surface area contributed by atoms with Gasteiger partial charge in [0.2, 0.25) is 11.8 Å². The number of nitrogens with one attached hydrogen (secondary N) is 1. The average Bonchev–Trinajstić information content (AvgIpc) is 4.01. The Morgan fingerprint density at radius 1 is 0.644 bits per heavy atom. The number of aromatic nitrogens is 4. The third-order valence-electron chi connectivity index (χ3n) is 12.6.